The summed E-state index contributed by atoms with van der Waals surface area (Å²) in [5.41, 5.74) is 0.368. The molecule has 0 aliphatic carbocycles. The van der Waals surface area contributed by atoms with Crippen LogP contribution >= 0.6 is 0 Å². The summed E-state index contributed by atoms with van der Waals surface area (Å²) < 4.78 is 0. The minimum absolute atomic E-state index is 0.368. The van der Waals surface area contributed by atoms with Crippen molar-refractivity contribution in [2.24, 2.45) is 5.41 Å². The molecule has 2 nitrogen and oxygen atoms in total. The lowest BCUT2D eigenvalue weighted by Crippen LogP contribution is -2.43. The minimum Gasteiger partial charge on any atom is -0.316 e. The van der Waals surface area contributed by atoms with E-state index in [2.05, 4.69) is 51.8 Å². The number of nitrogens with zero attached hydrogens (tertiary/aromatic N) is 1. The first-order chi connectivity index (χ1) is 7.93. The van der Waals surface area contributed by atoms with Crippen molar-refractivity contribution < 1.29 is 0 Å². The molecule has 17 heavy (non-hydrogen) atoms. The fourth-order valence-electron chi connectivity index (χ4n) is 2.15. The third-order valence-electron chi connectivity index (χ3n) is 3.26. The lowest BCUT2D eigenvalue weighted by Gasteiger charge is -2.35. The first kappa shape index (κ1) is 16.9. The van der Waals surface area contributed by atoms with Gasteiger partial charge >= 0.3 is 0 Å². The Morgan fingerprint density at radius 1 is 1.12 bits per heavy atom. The molecule has 0 saturated heterocycles. The van der Waals surface area contributed by atoms with Crippen LogP contribution < -0.4 is 5.32 Å². The molecule has 0 unspecified atom stereocenters. The molecule has 104 valence electrons. The standard InChI is InChI=1S/C15H34N2/c1-7-9-10-11-17(14(3)4)13-15(5,6)12-16-8-2/h14,16H,7-13H2,1-6H3. The van der Waals surface area contributed by atoms with Crippen molar-refractivity contribution >= 4 is 0 Å². The predicted molar refractivity (Wildman–Crippen MR) is 78.6 cm³/mol. The maximum absolute atomic E-state index is 3.47. The molecular weight excluding hydrogens is 208 g/mol. The predicted octanol–water partition coefficient (Wildman–Crippen LogP) is 3.52. The summed E-state index contributed by atoms with van der Waals surface area (Å²) in [6.07, 6.45) is 4.01. The monoisotopic (exact) mass is 242 g/mol. The van der Waals surface area contributed by atoms with Crippen molar-refractivity contribution in [2.75, 3.05) is 26.2 Å². The molecule has 0 amide bonds. The van der Waals surface area contributed by atoms with Gasteiger partial charge in [0.2, 0.25) is 0 Å². The number of hydrogen-bond acceptors (Lipinski definition) is 2. The van der Waals surface area contributed by atoms with Crippen molar-refractivity contribution in [3.05, 3.63) is 0 Å². The van der Waals surface area contributed by atoms with Crippen LogP contribution in [-0.4, -0.2) is 37.1 Å². The van der Waals surface area contributed by atoms with Gasteiger partial charge in [-0.3, -0.25) is 0 Å². The molecule has 0 atom stereocenters. The van der Waals surface area contributed by atoms with Crippen LogP contribution in [0.4, 0.5) is 0 Å². The van der Waals surface area contributed by atoms with Gasteiger partial charge in [-0.2, -0.15) is 0 Å². The van der Waals surface area contributed by atoms with Crippen molar-refractivity contribution in [2.45, 2.75) is 66.8 Å². The Morgan fingerprint density at radius 3 is 2.24 bits per heavy atom. The summed E-state index contributed by atoms with van der Waals surface area (Å²) in [5.74, 6) is 0. The van der Waals surface area contributed by atoms with E-state index in [4.69, 9.17) is 0 Å². The van der Waals surface area contributed by atoms with Crippen LogP contribution in [-0.2, 0) is 0 Å². The molecule has 0 heterocycles. The van der Waals surface area contributed by atoms with E-state index in [0.29, 0.717) is 11.5 Å². The van der Waals surface area contributed by atoms with Gasteiger partial charge in [0.1, 0.15) is 0 Å². The third-order valence-corrected chi connectivity index (χ3v) is 3.26. The molecule has 0 aliphatic heterocycles. The van der Waals surface area contributed by atoms with Gasteiger partial charge in [0.05, 0.1) is 0 Å². The summed E-state index contributed by atoms with van der Waals surface area (Å²) >= 11 is 0. The Kier molecular flexibility index (Phi) is 8.89. The van der Waals surface area contributed by atoms with Crippen LogP contribution in [0.5, 0.6) is 0 Å². The van der Waals surface area contributed by atoms with E-state index in [0.717, 1.165) is 13.1 Å². The molecule has 0 spiro atoms. The fraction of sp³-hybridized carbons (Fsp3) is 1.00. The molecule has 0 aromatic rings. The third kappa shape index (κ3) is 8.62. The number of hydrogen-bond donors (Lipinski definition) is 1. The van der Waals surface area contributed by atoms with Gasteiger partial charge in [-0.25, -0.2) is 0 Å². The zero-order valence-electron chi connectivity index (χ0n) is 13.0. The largest absolute Gasteiger partial charge is 0.316 e. The van der Waals surface area contributed by atoms with Crippen LogP contribution in [0.15, 0.2) is 0 Å². The average Bonchev–Trinajstić information content (AvgIpc) is 2.25. The van der Waals surface area contributed by atoms with Crippen molar-refractivity contribution in [1.29, 1.82) is 0 Å². The quantitative estimate of drug-likeness (QED) is 0.590. The lowest BCUT2D eigenvalue weighted by atomic mass is 9.92. The van der Waals surface area contributed by atoms with Gasteiger partial charge < -0.3 is 10.2 Å². The van der Waals surface area contributed by atoms with Crippen molar-refractivity contribution in [3.8, 4) is 0 Å². The van der Waals surface area contributed by atoms with Gasteiger partial charge in [-0.1, -0.05) is 40.5 Å². The topological polar surface area (TPSA) is 15.3 Å². The van der Waals surface area contributed by atoms with E-state index >= 15 is 0 Å². The lowest BCUT2D eigenvalue weighted by molar-refractivity contribution is 0.140. The summed E-state index contributed by atoms with van der Waals surface area (Å²) in [6.45, 7) is 18.4. The average molecular weight is 242 g/mol. The Hall–Kier alpha value is -0.0800. The maximum atomic E-state index is 3.47. The van der Waals surface area contributed by atoms with Crippen LogP contribution in [0.2, 0.25) is 0 Å². The SMILES string of the molecule is CCCCCN(CC(C)(C)CNCC)C(C)C. The molecule has 0 aromatic carbocycles. The van der Waals surface area contributed by atoms with E-state index in [1.807, 2.05) is 0 Å². The maximum Gasteiger partial charge on any atom is 0.00475 e. The zero-order chi connectivity index (χ0) is 13.3. The Labute approximate surface area is 109 Å². The van der Waals surface area contributed by atoms with Gasteiger partial charge in [0.25, 0.3) is 0 Å². The van der Waals surface area contributed by atoms with E-state index in [1.54, 1.807) is 0 Å². The minimum atomic E-state index is 0.368. The Bertz CT molecular complexity index is 176. The Morgan fingerprint density at radius 2 is 1.76 bits per heavy atom. The molecule has 0 radical (unpaired) electrons. The normalized spacial score (nSPS) is 12.7. The number of unbranched alkanes of at least 4 members (excludes halogenated alkanes) is 2. The Balaban J connectivity index is 4.12. The van der Waals surface area contributed by atoms with Crippen molar-refractivity contribution in [3.63, 3.8) is 0 Å². The van der Waals surface area contributed by atoms with Gasteiger partial charge in [0.15, 0.2) is 0 Å². The highest BCUT2D eigenvalue weighted by molar-refractivity contribution is 4.77. The molecule has 2 heteroatoms. The molecular formula is C15H34N2. The molecule has 0 aliphatic rings. The second kappa shape index (κ2) is 8.93. The van der Waals surface area contributed by atoms with Gasteiger partial charge in [-0.15, -0.1) is 0 Å². The summed E-state index contributed by atoms with van der Waals surface area (Å²) in [4.78, 5) is 2.63. The molecule has 1 N–H and O–H groups in total. The summed E-state index contributed by atoms with van der Waals surface area (Å²) in [5, 5.41) is 3.47. The van der Waals surface area contributed by atoms with Crippen LogP contribution in [0, 0.1) is 5.41 Å². The summed E-state index contributed by atoms with van der Waals surface area (Å²) in [7, 11) is 0. The fourth-order valence-corrected chi connectivity index (χ4v) is 2.15. The number of rotatable bonds is 10. The second-order valence-electron chi connectivity index (χ2n) is 6.22. The molecule has 0 saturated carbocycles. The number of nitrogens with one attached hydrogen (secondary N) is 1. The van der Waals surface area contributed by atoms with Crippen molar-refractivity contribution in [1.82, 2.24) is 10.2 Å². The zero-order valence-corrected chi connectivity index (χ0v) is 13.0. The molecule has 0 fully saturated rings. The molecule has 0 aromatic heterocycles. The van der Waals surface area contributed by atoms with Crippen LogP contribution in [0.1, 0.15) is 60.8 Å². The summed E-state index contributed by atoms with van der Waals surface area (Å²) in [6, 6.07) is 0.660. The molecule has 0 rings (SSSR count). The van der Waals surface area contributed by atoms with E-state index < -0.39 is 0 Å². The van der Waals surface area contributed by atoms with Crippen LogP contribution in [0.25, 0.3) is 0 Å². The molecule has 0 bridgehead atoms. The van der Waals surface area contributed by atoms with Gasteiger partial charge in [-0.05, 0) is 38.8 Å². The highest BCUT2D eigenvalue weighted by atomic mass is 15.2. The van der Waals surface area contributed by atoms with E-state index in [9.17, 15) is 0 Å². The smallest absolute Gasteiger partial charge is 0.00475 e. The first-order valence-corrected chi connectivity index (χ1v) is 7.37. The van der Waals surface area contributed by atoms with E-state index in [-0.39, 0.29) is 0 Å². The van der Waals surface area contributed by atoms with E-state index in [1.165, 1.54) is 32.4 Å². The second-order valence-corrected chi connectivity index (χ2v) is 6.22. The van der Waals surface area contributed by atoms with Crippen LogP contribution in [0.3, 0.4) is 0 Å². The first-order valence-electron chi connectivity index (χ1n) is 7.37. The highest BCUT2D eigenvalue weighted by Gasteiger charge is 2.22. The highest BCUT2D eigenvalue weighted by Crippen LogP contribution is 2.18. The van der Waals surface area contributed by atoms with Gasteiger partial charge in [0, 0.05) is 19.1 Å².